The zero-order chi connectivity index (χ0) is 15.8. The summed E-state index contributed by atoms with van der Waals surface area (Å²) < 4.78 is 6.33. The lowest BCUT2D eigenvalue weighted by Gasteiger charge is -2.26. The van der Waals surface area contributed by atoms with Crippen molar-refractivity contribution in [2.24, 2.45) is 0 Å². The molecule has 1 aliphatic rings. The number of aryl methyl sites for hydroxylation is 1. The first-order chi connectivity index (χ1) is 10.6. The van der Waals surface area contributed by atoms with Crippen LogP contribution in [-0.2, 0) is 9.53 Å². The molecule has 2 rings (SSSR count). The Morgan fingerprint density at radius 3 is 2.82 bits per heavy atom. The third-order valence-electron chi connectivity index (χ3n) is 3.65. The molecule has 1 aliphatic heterocycles. The van der Waals surface area contributed by atoms with Gasteiger partial charge in [0.1, 0.15) is 0 Å². The highest BCUT2D eigenvalue weighted by molar-refractivity contribution is 9.10. The number of benzene rings is 1. The second kappa shape index (κ2) is 9.12. The van der Waals surface area contributed by atoms with Crippen LogP contribution in [0, 0.1) is 6.92 Å². The molecule has 0 aromatic heterocycles. The fourth-order valence-corrected chi connectivity index (χ4v) is 2.97. The Balaban J connectivity index is 1.59. The van der Waals surface area contributed by atoms with Gasteiger partial charge in [-0.3, -0.25) is 9.69 Å². The zero-order valence-corrected chi connectivity index (χ0v) is 14.6. The van der Waals surface area contributed by atoms with Gasteiger partial charge >= 0.3 is 0 Å². The summed E-state index contributed by atoms with van der Waals surface area (Å²) in [7, 11) is 0. The molecular weight excluding hydrogens is 346 g/mol. The average molecular weight is 370 g/mol. The van der Waals surface area contributed by atoms with Crippen molar-refractivity contribution in [3.63, 3.8) is 0 Å². The van der Waals surface area contributed by atoms with Gasteiger partial charge < -0.3 is 15.4 Å². The van der Waals surface area contributed by atoms with Crippen LogP contribution in [0.15, 0.2) is 22.7 Å². The lowest BCUT2D eigenvalue weighted by Crippen LogP contribution is -2.41. The number of ether oxygens (including phenoxy) is 1. The van der Waals surface area contributed by atoms with Gasteiger partial charge in [-0.15, -0.1) is 0 Å². The van der Waals surface area contributed by atoms with Crippen LogP contribution in [-0.4, -0.2) is 56.7 Å². The first-order valence-electron chi connectivity index (χ1n) is 7.72. The molecule has 0 radical (unpaired) electrons. The first-order valence-corrected chi connectivity index (χ1v) is 8.51. The van der Waals surface area contributed by atoms with Gasteiger partial charge in [0.15, 0.2) is 0 Å². The Bertz CT molecular complexity index is 490. The van der Waals surface area contributed by atoms with E-state index in [1.54, 1.807) is 0 Å². The van der Waals surface area contributed by atoms with E-state index in [4.69, 9.17) is 4.74 Å². The fourth-order valence-electron chi connectivity index (χ4n) is 2.34. The number of amides is 1. The molecule has 0 unspecified atom stereocenters. The molecule has 0 aliphatic carbocycles. The molecule has 1 aromatic carbocycles. The van der Waals surface area contributed by atoms with E-state index in [0.717, 1.165) is 43.0 Å². The zero-order valence-electron chi connectivity index (χ0n) is 13.0. The first kappa shape index (κ1) is 17.2. The van der Waals surface area contributed by atoms with Crippen LogP contribution in [0.4, 0.5) is 5.69 Å². The normalized spacial score (nSPS) is 15.5. The smallest absolute Gasteiger partial charge is 0.221 e. The number of hydrogen-bond donors (Lipinski definition) is 2. The molecule has 6 heteroatoms. The van der Waals surface area contributed by atoms with Crippen molar-refractivity contribution in [3.8, 4) is 0 Å². The third kappa shape index (κ3) is 5.94. The summed E-state index contributed by atoms with van der Waals surface area (Å²) in [6.07, 6.45) is 0.476. The number of carbonyl (C=O) groups excluding carboxylic acids is 1. The van der Waals surface area contributed by atoms with Crippen LogP contribution >= 0.6 is 15.9 Å². The number of hydrogen-bond acceptors (Lipinski definition) is 4. The molecule has 5 nitrogen and oxygen atoms in total. The van der Waals surface area contributed by atoms with E-state index >= 15 is 0 Å². The van der Waals surface area contributed by atoms with Gasteiger partial charge in [0.05, 0.1) is 13.2 Å². The van der Waals surface area contributed by atoms with E-state index in [0.29, 0.717) is 19.5 Å². The SMILES string of the molecule is Cc1ccc(NCCC(=O)NCCN2CCOCC2)c(Br)c1. The quantitative estimate of drug-likeness (QED) is 0.771. The molecule has 1 heterocycles. The Hall–Kier alpha value is -1.11. The molecule has 1 fully saturated rings. The van der Waals surface area contributed by atoms with Crippen LogP contribution in [0.3, 0.4) is 0 Å². The highest BCUT2D eigenvalue weighted by atomic mass is 79.9. The van der Waals surface area contributed by atoms with Gasteiger partial charge in [-0.2, -0.15) is 0 Å². The number of nitrogens with one attached hydrogen (secondary N) is 2. The number of nitrogens with zero attached hydrogens (tertiary/aromatic N) is 1. The van der Waals surface area contributed by atoms with Crippen LogP contribution in [0.2, 0.25) is 0 Å². The highest BCUT2D eigenvalue weighted by Crippen LogP contribution is 2.23. The van der Waals surface area contributed by atoms with Gasteiger partial charge in [-0.1, -0.05) is 6.07 Å². The summed E-state index contributed by atoms with van der Waals surface area (Å²) in [5.41, 5.74) is 2.23. The van der Waals surface area contributed by atoms with Crippen molar-refractivity contribution in [1.82, 2.24) is 10.2 Å². The minimum Gasteiger partial charge on any atom is -0.384 e. The van der Waals surface area contributed by atoms with E-state index in [9.17, 15) is 4.79 Å². The number of morpholine rings is 1. The van der Waals surface area contributed by atoms with Crippen LogP contribution in [0.5, 0.6) is 0 Å². The molecule has 0 atom stereocenters. The molecule has 0 saturated carbocycles. The highest BCUT2D eigenvalue weighted by Gasteiger charge is 2.10. The molecule has 1 aromatic rings. The van der Waals surface area contributed by atoms with Gasteiger partial charge in [-0.25, -0.2) is 0 Å². The predicted molar refractivity (Wildman–Crippen MR) is 92.3 cm³/mol. The van der Waals surface area contributed by atoms with Crippen molar-refractivity contribution in [2.45, 2.75) is 13.3 Å². The summed E-state index contributed by atoms with van der Waals surface area (Å²) in [4.78, 5) is 14.1. The van der Waals surface area contributed by atoms with Gasteiger partial charge in [0.25, 0.3) is 0 Å². The van der Waals surface area contributed by atoms with Crippen molar-refractivity contribution >= 4 is 27.5 Å². The third-order valence-corrected chi connectivity index (χ3v) is 4.30. The molecule has 1 amide bonds. The van der Waals surface area contributed by atoms with E-state index in [1.807, 2.05) is 6.07 Å². The summed E-state index contributed by atoms with van der Waals surface area (Å²) in [5.74, 6) is 0.0870. The van der Waals surface area contributed by atoms with Crippen molar-refractivity contribution in [2.75, 3.05) is 51.3 Å². The summed E-state index contributed by atoms with van der Waals surface area (Å²) in [6.45, 7) is 7.78. The Morgan fingerprint density at radius 2 is 2.09 bits per heavy atom. The van der Waals surface area contributed by atoms with Crippen LogP contribution in [0.1, 0.15) is 12.0 Å². The maximum absolute atomic E-state index is 11.8. The van der Waals surface area contributed by atoms with Crippen LogP contribution < -0.4 is 10.6 Å². The molecular formula is C16H24BrN3O2. The van der Waals surface area contributed by atoms with Crippen molar-refractivity contribution in [3.05, 3.63) is 28.2 Å². The van der Waals surface area contributed by atoms with Crippen LogP contribution in [0.25, 0.3) is 0 Å². The predicted octanol–water partition coefficient (Wildman–Crippen LogP) is 2.01. The second-order valence-corrected chi connectivity index (χ2v) is 6.32. The molecule has 1 saturated heterocycles. The average Bonchev–Trinajstić information content (AvgIpc) is 2.50. The Morgan fingerprint density at radius 1 is 1.32 bits per heavy atom. The van der Waals surface area contributed by atoms with E-state index in [2.05, 4.69) is 50.5 Å². The summed E-state index contributed by atoms with van der Waals surface area (Å²) >= 11 is 3.52. The summed E-state index contributed by atoms with van der Waals surface area (Å²) in [5, 5.41) is 6.24. The lowest BCUT2D eigenvalue weighted by atomic mass is 10.2. The van der Waals surface area contributed by atoms with E-state index in [-0.39, 0.29) is 5.91 Å². The van der Waals surface area contributed by atoms with E-state index in [1.165, 1.54) is 5.56 Å². The summed E-state index contributed by atoms with van der Waals surface area (Å²) in [6, 6.07) is 6.13. The maximum Gasteiger partial charge on any atom is 0.221 e. The number of anilines is 1. The monoisotopic (exact) mass is 369 g/mol. The van der Waals surface area contributed by atoms with Gasteiger partial charge in [0, 0.05) is 49.3 Å². The minimum atomic E-state index is 0.0870. The largest absolute Gasteiger partial charge is 0.384 e. The number of halogens is 1. The topological polar surface area (TPSA) is 53.6 Å². The molecule has 0 spiro atoms. The van der Waals surface area contributed by atoms with E-state index < -0.39 is 0 Å². The Kier molecular flexibility index (Phi) is 7.15. The van der Waals surface area contributed by atoms with Crippen molar-refractivity contribution in [1.29, 1.82) is 0 Å². The van der Waals surface area contributed by atoms with Gasteiger partial charge in [0.2, 0.25) is 5.91 Å². The Labute approximate surface area is 140 Å². The number of rotatable bonds is 7. The molecule has 22 heavy (non-hydrogen) atoms. The fraction of sp³-hybridized carbons (Fsp3) is 0.562. The number of carbonyl (C=O) groups is 1. The standard InChI is InChI=1S/C16H24BrN3O2/c1-13-2-3-15(14(17)12-13)18-5-4-16(21)19-6-7-20-8-10-22-11-9-20/h2-3,12,18H,4-11H2,1H3,(H,19,21). The maximum atomic E-state index is 11.8. The van der Waals surface area contributed by atoms with Gasteiger partial charge in [-0.05, 0) is 40.5 Å². The molecule has 122 valence electrons. The lowest BCUT2D eigenvalue weighted by molar-refractivity contribution is -0.120. The molecule has 2 N–H and O–H groups in total. The molecule has 0 bridgehead atoms. The minimum absolute atomic E-state index is 0.0870. The van der Waals surface area contributed by atoms with Crippen molar-refractivity contribution < 1.29 is 9.53 Å². The second-order valence-electron chi connectivity index (χ2n) is 5.46.